The number of H-pyrrole nitrogens is 1. The second kappa shape index (κ2) is 7.55. The smallest absolute Gasteiger partial charge is 0.254 e. The van der Waals surface area contributed by atoms with Crippen LogP contribution in [0.2, 0.25) is 0 Å². The predicted molar refractivity (Wildman–Crippen MR) is 81.3 cm³/mol. The van der Waals surface area contributed by atoms with E-state index in [1.165, 1.54) is 19.3 Å². The molecule has 0 saturated heterocycles. The maximum atomic E-state index is 11.9. The van der Waals surface area contributed by atoms with Gasteiger partial charge in [0.1, 0.15) is 4.64 Å². The number of aromatic amines is 1. The van der Waals surface area contributed by atoms with Gasteiger partial charge in [-0.15, -0.1) is 0 Å². The number of carbonyl (C=O) groups excluding carboxylic acids is 1. The lowest BCUT2D eigenvalue weighted by Crippen LogP contribution is -2.32. The summed E-state index contributed by atoms with van der Waals surface area (Å²) in [6.45, 7) is 3.32. The normalized spacial score (nSPS) is 22.4. The van der Waals surface area contributed by atoms with E-state index in [4.69, 9.17) is 17.0 Å². The summed E-state index contributed by atoms with van der Waals surface area (Å²) >= 11 is 5.08. The number of amides is 1. The van der Waals surface area contributed by atoms with Gasteiger partial charge >= 0.3 is 0 Å². The molecule has 1 fully saturated rings. The van der Waals surface area contributed by atoms with Gasteiger partial charge in [-0.05, 0) is 30.9 Å². The van der Waals surface area contributed by atoms with Crippen LogP contribution in [0.25, 0.3) is 0 Å². The first-order chi connectivity index (χ1) is 9.68. The van der Waals surface area contributed by atoms with Crippen molar-refractivity contribution < 1.29 is 9.53 Å². The first-order valence-corrected chi connectivity index (χ1v) is 7.67. The fraction of sp³-hybridized carbons (Fsp3) is 0.600. The average Bonchev–Trinajstić information content (AvgIpc) is 2.45. The van der Waals surface area contributed by atoms with Crippen LogP contribution in [0.5, 0.6) is 0 Å². The summed E-state index contributed by atoms with van der Waals surface area (Å²) in [5.74, 6) is 0.481. The molecular formula is C15H22N2O2S. The Balaban J connectivity index is 1.72. The molecule has 1 aromatic heterocycles. The van der Waals surface area contributed by atoms with Crippen molar-refractivity contribution >= 4 is 18.1 Å². The van der Waals surface area contributed by atoms with Crippen LogP contribution in [0.15, 0.2) is 18.3 Å². The molecule has 0 spiro atoms. The molecule has 1 aliphatic carbocycles. The second-order valence-electron chi connectivity index (χ2n) is 5.34. The SMILES string of the molecule is C[C@H]1CCCC[C@@H]1OCCNC(=O)c1ccc[nH]c1=S. The van der Waals surface area contributed by atoms with Crippen LogP contribution in [-0.4, -0.2) is 30.1 Å². The quantitative estimate of drug-likeness (QED) is 0.648. The molecule has 4 nitrogen and oxygen atoms in total. The van der Waals surface area contributed by atoms with E-state index >= 15 is 0 Å². The molecule has 2 N–H and O–H groups in total. The van der Waals surface area contributed by atoms with Gasteiger partial charge in [-0.1, -0.05) is 32.0 Å². The molecule has 1 aromatic rings. The van der Waals surface area contributed by atoms with Crippen LogP contribution in [0.1, 0.15) is 43.0 Å². The van der Waals surface area contributed by atoms with Gasteiger partial charge in [0.15, 0.2) is 0 Å². The van der Waals surface area contributed by atoms with Gasteiger partial charge in [0.05, 0.1) is 18.3 Å². The zero-order valence-electron chi connectivity index (χ0n) is 11.9. The van der Waals surface area contributed by atoms with Crippen LogP contribution in [0.3, 0.4) is 0 Å². The number of nitrogens with one attached hydrogen (secondary N) is 2. The predicted octanol–water partition coefficient (Wildman–Crippen LogP) is 3.07. The van der Waals surface area contributed by atoms with Crippen LogP contribution in [0.4, 0.5) is 0 Å². The van der Waals surface area contributed by atoms with Crippen molar-refractivity contribution in [2.75, 3.05) is 13.2 Å². The summed E-state index contributed by atoms with van der Waals surface area (Å²) in [6, 6.07) is 3.49. The zero-order chi connectivity index (χ0) is 14.4. The zero-order valence-corrected chi connectivity index (χ0v) is 12.7. The fourth-order valence-corrected chi connectivity index (χ4v) is 2.83. The average molecular weight is 294 g/mol. The summed E-state index contributed by atoms with van der Waals surface area (Å²) in [5, 5.41) is 2.84. The minimum Gasteiger partial charge on any atom is -0.376 e. The molecule has 0 radical (unpaired) electrons. The molecule has 110 valence electrons. The first-order valence-electron chi connectivity index (χ1n) is 7.26. The highest BCUT2D eigenvalue weighted by Gasteiger charge is 2.21. The van der Waals surface area contributed by atoms with Crippen LogP contribution < -0.4 is 5.32 Å². The van der Waals surface area contributed by atoms with Crippen molar-refractivity contribution in [3.63, 3.8) is 0 Å². The molecule has 1 amide bonds. The van der Waals surface area contributed by atoms with Gasteiger partial charge in [0, 0.05) is 12.7 Å². The van der Waals surface area contributed by atoms with Crippen LogP contribution in [0, 0.1) is 10.6 Å². The maximum absolute atomic E-state index is 11.9. The number of hydrogen-bond acceptors (Lipinski definition) is 3. The van der Waals surface area contributed by atoms with E-state index in [2.05, 4.69) is 17.2 Å². The summed E-state index contributed by atoms with van der Waals surface area (Å²) in [5.41, 5.74) is 0.508. The number of rotatable bonds is 5. The second-order valence-corrected chi connectivity index (χ2v) is 5.75. The third kappa shape index (κ3) is 4.15. The van der Waals surface area contributed by atoms with E-state index in [1.807, 2.05) is 0 Å². The van der Waals surface area contributed by atoms with E-state index in [9.17, 15) is 4.79 Å². The molecule has 5 heteroatoms. The Morgan fingerprint density at radius 1 is 1.50 bits per heavy atom. The molecule has 0 aliphatic heterocycles. The van der Waals surface area contributed by atoms with Gasteiger partial charge < -0.3 is 15.0 Å². The van der Waals surface area contributed by atoms with Gasteiger partial charge in [-0.3, -0.25) is 4.79 Å². The highest BCUT2D eigenvalue weighted by molar-refractivity contribution is 7.71. The molecule has 20 heavy (non-hydrogen) atoms. The number of carbonyl (C=O) groups is 1. The van der Waals surface area contributed by atoms with Crippen molar-refractivity contribution in [3.05, 3.63) is 28.5 Å². The highest BCUT2D eigenvalue weighted by Crippen LogP contribution is 2.25. The molecule has 1 saturated carbocycles. The molecule has 0 bridgehead atoms. The number of hydrogen-bond donors (Lipinski definition) is 2. The van der Waals surface area contributed by atoms with Crippen molar-refractivity contribution in [3.8, 4) is 0 Å². The van der Waals surface area contributed by atoms with Crippen LogP contribution >= 0.6 is 12.2 Å². The van der Waals surface area contributed by atoms with E-state index in [0.717, 1.165) is 6.42 Å². The standard InChI is InChI=1S/C15H22N2O2S/c1-11-5-2-3-7-13(11)19-10-9-16-14(18)12-6-4-8-17-15(12)20/h4,6,8,11,13H,2-3,5,7,9-10H2,1H3,(H,16,18)(H,17,20)/t11-,13-/m0/s1. The van der Waals surface area contributed by atoms with Gasteiger partial charge in [0.25, 0.3) is 5.91 Å². The number of ether oxygens (including phenoxy) is 1. The Bertz CT molecular complexity index is 501. The third-order valence-corrected chi connectivity index (χ3v) is 4.15. The van der Waals surface area contributed by atoms with Crippen molar-refractivity contribution in [1.82, 2.24) is 10.3 Å². The Morgan fingerprint density at radius 2 is 2.30 bits per heavy atom. The van der Waals surface area contributed by atoms with Gasteiger partial charge in [0.2, 0.25) is 0 Å². The summed E-state index contributed by atoms with van der Waals surface area (Å²) in [6.07, 6.45) is 7.01. The lowest BCUT2D eigenvalue weighted by molar-refractivity contribution is -0.00294. The lowest BCUT2D eigenvalue weighted by Gasteiger charge is -2.28. The number of aromatic nitrogens is 1. The third-order valence-electron chi connectivity index (χ3n) is 3.82. The van der Waals surface area contributed by atoms with E-state index in [0.29, 0.717) is 35.4 Å². The first kappa shape index (κ1) is 15.2. The van der Waals surface area contributed by atoms with E-state index < -0.39 is 0 Å². The topological polar surface area (TPSA) is 54.1 Å². The minimum atomic E-state index is -0.146. The number of pyridine rings is 1. The molecule has 2 rings (SSSR count). The Labute approximate surface area is 124 Å². The summed E-state index contributed by atoms with van der Waals surface area (Å²) < 4.78 is 6.33. The Morgan fingerprint density at radius 3 is 3.05 bits per heavy atom. The maximum Gasteiger partial charge on any atom is 0.254 e. The van der Waals surface area contributed by atoms with Gasteiger partial charge in [-0.2, -0.15) is 0 Å². The minimum absolute atomic E-state index is 0.146. The van der Waals surface area contributed by atoms with E-state index in [-0.39, 0.29) is 5.91 Å². The molecule has 1 aliphatic rings. The Hall–Kier alpha value is -1.20. The molecule has 1 heterocycles. The van der Waals surface area contributed by atoms with Crippen molar-refractivity contribution in [1.29, 1.82) is 0 Å². The lowest BCUT2D eigenvalue weighted by atomic mass is 9.88. The molecular weight excluding hydrogens is 272 g/mol. The van der Waals surface area contributed by atoms with Crippen molar-refractivity contribution in [2.45, 2.75) is 38.7 Å². The molecule has 0 aromatic carbocycles. The summed E-state index contributed by atoms with van der Waals surface area (Å²) in [4.78, 5) is 14.8. The Kier molecular flexibility index (Phi) is 5.73. The van der Waals surface area contributed by atoms with E-state index in [1.54, 1.807) is 18.3 Å². The largest absolute Gasteiger partial charge is 0.376 e. The van der Waals surface area contributed by atoms with Gasteiger partial charge in [-0.25, -0.2) is 0 Å². The highest BCUT2D eigenvalue weighted by atomic mass is 32.1. The molecule has 0 unspecified atom stereocenters. The monoisotopic (exact) mass is 294 g/mol. The fourth-order valence-electron chi connectivity index (χ4n) is 2.60. The molecule has 2 atom stereocenters. The van der Waals surface area contributed by atoms with Crippen molar-refractivity contribution in [2.24, 2.45) is 5.92 Å². The summed E-state index contributed by atoms with van der Waals surface area (Å²) in [7, 11) is 0. The van der Waals surface area contributed by atoms with Crippen LogP contribution in [-0.2, 0) is 4.74 Å².